The molecule has 2 amide bonds. The van der Waals surface area contributed by atoms with Gasteiger partial charge in [-0.15, -0.1) is 0 Å². The molecule has 2 aromatic carbocycles. The summed E-state index contributed by atoms with van der Waals surface area (Å²) in [5.41, 5.74) is -0.289. The fourth-order valence-corrected chi connectivity index (χ4v) is 4.35. The van der Waals surface area contributed by atoms with E-state index >= 15 is 0 Å². The topological polar surface area (TPSA) is 122 Å². The highest BCUT2D eigenvalue weighted by atomic mass is 32.2. The Kier molecular flexibility index (Phi) is 6.84. The number of carbonyl (C=O) groups excluding carboxylic acids is 3. The first-order valence-electron chi connectivity index (χ1n) is 10.1. The number of anilines is 2. The second-order valence-electron chi connectivity index (χ2n) is 7.94. The van der Waals surface area contributed by atoms with Crippen molar-refractivity contribution in [3.8, 4) is 0 Å². The highest BCUT2D eigenvalue weighted by molar-refractivity contribution is 7.89. The minimum Gasteiger partial charge on any atom is -0.452 e. The number of ether oxygens (including phenoxy) is 1. The minimum absolute atomic E-state index is 0.148. The maximum Gasteiger partial charge on any atom is 0.307 e. The van der Waals surface area contributed by atoms with Gasteiger partial charge in [-0.3, -0.25) is 19.3 Å². The maximum absolute atomic E-state index is 13.1. The third-order valence-corrected chi connectivity index (χ3v) is 6.61. The fraction of sp³-hybridized carbons (Fsp3) is 0.318. The van der Waals surface area contributed by atoms with Gasteiger partial charge in [-0.25, -0.2) is 17.5 Å². The van der Waals surface area contributed by atoms with Gasteiger partial charge in [0.25, 0.3) is 5.91 Å². The molecule has 0 aliphatic carbocycles. The van der Waals surface area contributed by atoms with Crippen molar-refractivity contribution >= 4 is 39.2 Å². The van der Waals surface area contributed by atoms with Crippen LogP contribution in [0.1, 0.15) is 27.2 Å². The Balaban J connectivity index is 1.62. The Bertz CT molecular complexity index is 1180. The smallest absolute Gasteiger partial charge is 0.307 e. The van der Waals surface area contributed by atoms with E-state index in [-0.39, 0.29) is 23.8 Å². The van der Waals surface area contributed by atoms with E-state index in [1.54, 1.807) is 38.1 Å². The highest BCUT2D eigenvalue weighted by Gasteiger charge is 2.45. The largest absolute Gasteiger partial charge is 0.452 e. The van der Waals surface area contributed by atoms with Crippen molar-refractivity contribution in [1.82, 2.24) is 4.72 Å². The third kappa shape index (κ3) is 5.20. The van der Waals surface area contributed by atoms with Crippen molar-refractivity contribution < 1.29 is 31.9 Å². The van der Waals surface area contributed by atoms with Gasteiger partial charge in [0.05, 0.1) is 22.7 Å². The van der Waals surface area contributed by atoms with Gasteiger partial charge in [0.2, 0.25) is 15.9 Å². The molecule has 0 radical (unpaired) electrons. The first-order valence-corrected chi connectivity index (χ1v) is 11.6. The average Bonchev–Trinajstić information content (AvgIpc) is 2.74. The van der Waals surface area contributed by atoms with Gasteiger partial charge in [-0.1, -0.05) is 12.1 Å². The number of para-hydroxylation sites is 2. The summed E-state index contributed by atoms with van der Waals surface area (Å²) in [5.74, 6) is -2.36. The molecule has 1 aliphatic heterocycles. The lowest BCUT2D eigenvalue weighted by Gasteiger charge is -2.42. The van der Waals surface area contributed by atoms with Crippen molar-refractivity contribution in [2.45, 2.75) is 43.7 Å². The van der Waals surface area contributed by atoms with Gasteiger partial charge in [-0.2, -0.15) is 0 Å². The molecule has 0 saturated carbocycles. The number of fused-ring (bicyclic) bond motifs is 1. The van der Waals surface area contributed by atoms with Gasteiger partial charge in [-0.05, 0) is 57.2 Å². The summed E-state index contributed by atoms with van der Waals surface area (Å²) in [6.07, 6.45) is -1.55. The van der Waals surface area contributed by atoms with E-state index in [0.717, 1.165) is 24.3 Å². The number of carbonyl (C=O) groups is 3. The van der Waals surface area contributed by atoms with Crippen molar-refractivity contribution in [3.05, 3.63) is 54.3 Å². The number of nitrogens with one attached hydrogen (secondary N) is 2. The van der Waals surface area contributed by atoms with Crippen LogP contribution in [0.4, 0.5) is 15.8 Å². The van der Waals surface area contributed by atoms with Crippen LogP contribution in [0.2, 0.25) is 0 Å². The molecule has 2 aromatic rings. The van der Waals surface area contributed by atoms with Gasteiger partial charge in [0.1, 0.15) is 11.4 Å². The second kappa shape index (κ2) is 9.28. The van der Waals surface area contributed by atoms with E-state index in [4.69, 9.17) is 4.74 Å². The van der Waals surface area contributed by atoms with Crippen LogP contribution in [-0.4, -0.2) is 44.4 Å². The minimum atomic E-state index is -3.93. The molecule has 11 heteroatoms. The molecule has 2 N–H and O–H groups in total. The van der Waals surface area contributed by atoms with Crippen LogP contribution in [0.3, 0.4) is 0 Å². The zero-order chi connectivity index (χ0) is 24.4. The molecule has 1 heterocycles. The predicted molar refractivity (Wildman–Crippen MR) is 118 cm³/mol. The molecule has 0 aromatic heterocycles. The summed E-state index contributed by atoms with van der Waals surface area (Å²) in [4.78, 5) is 39.0. The van der Waals surface area contributed by atoms with Crippen LogP contribution in [0.15, 0.2) is 53.4 Å². The molecule has 3 rings (SSSR count). The number of hydrogen-bond donors (Lipinski definition) is 2. The van der Waals surface area contributed by atoms with Gasteiger partial charge < -0.3 is 10.1 Å². The number of amides is 2. The number of benzene rings is 2. The zero-order valence-electron chi connectivity index (χ0n) is 18.3. The quantitative estimate of drug-likeness (QED) is 0.590. The van der Waals surface area contributed by atoms with Crippen LogP contribution in [0.5, 0.6) is 0 Å². The number of halogens is 1. The average molecular weight is 478 g/mol. The Morgan fingerprint density at radius 1 is 1.15 bits per heavy atom. The zero-order valence-corrected chi connectivity index (χ0v) is 19.1. The van der Waals surface area contributed by atoms with Gasteiger partial charge in [0, 0.05) is 6.54 Å². The number of sulfonamides is 1. The summed E-state index contributed by atoms with van der Waals surface area (Å²) >= 11 is 0. The lowest BCUT2D eigenvalue weighted by molar-refractivity contribution is -0.154. The van der Waals surface area contributed by atoms with Crippen molar-refractivity contribution in [1.29, 1.82) is 0 Å². The normalized spacial score (nSPS) is 15.9. The summed E-state index contributed by atoms with van der Waals surface area (Å²) < 4.78 is 44.8. The molecule has 33 heavy (non-hydrogen) atoms. The first kappa shape index (κ1) is 24.3. The van der Waals surface area contributed by atoms with Crippen molar-refractivity contribution in [3.63, 3.8) is 0 Å². The van der Waals surface area contributed by atoms with E-state index in [0.29, 0.717) is 11.4 Å². The third-order valence-electron chi connectivity index (χ3n) is 5.13. The van der Waals surface area contributed by atoms with Gasteiger partial charge >= 0.3 is 5.97 Å². The Morgan fingerprint density at radius 3 is 2.45 bits per heavy atom. The molecule has 176 valence electrons. The van der Waals surface area contributed by atoms with E-state index in [9.17, 15) is 27.2 Å². The Hall–Kier alpha value is -3.31. The number of esters is 1. The molecule has 0 fully saturated rings. The van der Waals surface area contributed by atoms with E-state index in [1.165, 1.54) is 11.8 Å². The lowest BCUT2D eigenvalue weighted by Crippen LogP contribution is -2.60. The monoisotopic (exact) mass is 477 g/mol. The molecule has 0 spiro atoms. The molecule has 0 unspecified atom stereocenters. The van der Waals surface area contributed by atoms with Crippen LogP contribution in [0.25, 0.3) is 0 Å². The molecule has 0 saturated heterocycles. The standard InChI is InChI=1S/C22H24FN3O6S/c1-14(20(28)26-18-7-5-4-6-17(18)25-21(29)22(26,2)3)32-19(27)12-13-24-33(30,31)16-10-8-15(23)9-11-16/h4-11,14,24H,12-13H2,1-3H3,(H,25,29)/t14-/m0/s1. The summed E-state index contributed by atoms with van der Waals surface area (Å²) in [5, 5.41) is 2.75. The Morgan fingerprint density at radius 2 is 1.79 bits per heavy atom. The van der Waals surface area contributed by atoms with E-state index < -0.39 is 39.4 Å². The predicted octanol–water partition coefficient (Wildman–Crippen LogP) is 2.19. The molecular formula is C22H24FN3O6S. The maximum atomic E-state index is 13.1. The SMILES string of the molecule is C[C@H](OC(=O)CCNS(=O)(=O)c1ccc(F)cc1)C(=O)N1c2ccccc2NC(=O)C1(C)C. The molecule has 1 aliphatic rings. The van der Waals surface area contributed by atoms with Crippen LogP contribution < -0.4 is 14.9 Å². The number of nitrogens with zero attached hydrogens (tertiary/aromatic N) is 1. The van der Waals surface area contributed by atoms with Gasteiger partial charge in [0.15, 0.2) is 6.10 Å². The van der Waals surface area contributed by atoms with Crippen LogP contribution in [0, 0.1) is 5.82 Å². The van der Waals surface area contributed by atoms with Crippen molar-refractivity contribution in [2.24, 2.45) is 0 Å². The summed E-state index contributed by atoms with van der Waals surface area (Å²) in [7, 11) is -3.93. The van der Waals surface area contributed by atoms with E-state index in [1.807, 2.05) is 0 Å². The van der Waals surface area contributed by atoms with Crippen molar-refractivity contribution in [2.75, 3.05) is 16.8 Å². The lowest BCUT2D eigenvalue weighted by atomic mass is 9.95. The molecule has 1 atom stereocenters. The number of hydrogen-bond acceptors (Lipinski definition) is 6. The highest BCUT2D eigenvalue weighted by Crippen LogP contribution is 2.37. The molecular weight excluding hydrogens is 453 g/mol. The second-order valence-corrected chi connectivity index (χ2v) is 9.70. The summed E-state index contributed by atoms with van der Waals surface area (Å²) in [6, 6.07) is 11.0. The Labute approximate surface area is 191 Å². The van der Waals surface area contributed by atoms with Crippen LogP contribution >= 0.6 is 0 Å². The molecule has 0 bridgehead atoms. The van der Waals surface area contributed by atoms with Crippen LogP contribution in [-0.2, 0) is 29.1 Å². The molecule has 9 nitrogen and oxygen atoms in total. The number of rotatable bonds is 7. The first-order chi connectivity index (χ1) is 15.4. The summed E-state index contributed by atoms with van der Waals surface area (Å²) in [6.45, 7) is 4.26. The van der Waals surface area contributed by atoms with E-state index in [2.05, 4.69) is 10.0 Å². The fourth-order valence-electron chi connectivity index (χ4n) is 3.32.